The summed E-state index contributed by atoms with van der Waals surface area (Å²) in [6.45, 7) is 5.93. The molecule has 21 heavy (non-hydrogen) atoms. The molecule has 2 N–H and O–H groups in total. The number of carbonyl (C=O) groups excluding carboxylic acids is 1. The summed E-state index contributed by atoms with van der Waals surface area (Å²) in [4.78, 5) is 24.3. The molecule has 0 aliphatic carbocycles. The van der Waals surface area contributed by atoms with E-state index < -0.39 is 5.97 Å². The summed E-state index contributed by atoms with van der Waals surface area (Å²) < 4.78 is 5.24. The van der Waals surface area contributed by atoms with Crippen LogP contribution in [0.1, 0.15) is 33.0 Å². The number of nitrogens with zero attached hydrogens (tertiary/aromatic N) is 1. The van der Waals surface area contributed by atoms with Gasteiger partial charge >= 0.3 is 12.0 Å². The van der Waals surface area contributed by atoms with E-state index >= 15 is 0 Å². The fourth-order valence-corrected chi connectivity index (χ4v) is 2.01. The lowest BCUT2D eigenvalue weighted by molar-refractivity contribution is -0.137. The molecular weight excluding hydrogens is 272 g/mol. The lowest BCUT2D eigenvalue weighted by Gasteiger charge is -2.25. The molecule has 6 heteroatoms. The Hall–Kier alpha value is -1.98. The maximum Gasteiger partial charge on any atom is 0.323 e. The first-order valence-electron chi connectivity index (χ1n) is 7.18. The van der Waals surface area contributed by atoms with Gasteiger partial charge in [0.1, 0.15) is 12.3 Å². The van der Waals surface area contributed by atoms with Crippen molar-refractivity contribution in [1.29, 1.82) is 0 Å². The summed E-state index contributed by atoms with van der Waals surface area (Å²) in [5.41, 5.74) is 0. The lowest BCUT2D eigenvalue weighted by atomic mass is 10.1. The van der Waals surface area contributed by atoms with Gasteiger partial charge in [0.15, 0.2) is 0 Å². The van der Waals surface area contributed by atoms with Gasteiger partial charge in [0.05, 0.1) is 6.26 Å². The van der Waals surface area contributed by atoms with Crippen LogP contribution in [0.4, 0.5) is 4.79 Å². The molecule has 0 saturated heterocycles. The van der Waals surface area contributed by atoms with Gasteiger partial charge in [-0.1, -0.05) is 13.8 Å². The Kier molecular flexibility index (Phi) is 6.78. The number of aryl methyl sites for hydroxylation is 1. The molecule has 0 bridgehead atoms. The highest BCUT2D eigenvalue weighted by atomic mass is 16.4. The Morgan fingerprint density at radius 2 is 2.10 bits per heavy atom. The molecule has 118 valence electrons. The van der Waals surface area contributed by atoms with E-state index in [-0.39, 0.29) is 24.5 Å². The molecule has 0 aromatic carbocycles. The first kappa shape index (κ1) is 17.1. The van der Waals surface area contributed by atoms with Crippen LogP contribution in [0.5, 0.6) is 0 Å². The van der Waals surface area contributed by atoms with Crippen LogP contribution in [0.15, 0.2) is 22.8 Å². The molecule has 1 unspecified atom stereocenters. The highest BCUT2D eigenvalue weighted by molar-refractivity contribution is 5.80. The van der Waals surface area contributed by atoms with Crippen LogP contribution in [-0.4, -0.2) is 41.1 Å². The summed E-state index contributed by atoms with van der Waals surface area (Å²) in [7, 11) is 0. The summed E-state index contributed by atoms with van der Waals surface area (Å²) in [5, 5.41) is 11.7. The van der Waals surface area contributed by atoms with Crippen LogP contribution in [0.25, 0.3) is 0 Å². The third-order valence-corrected chi connectivity index (χ3v) is 2.97. The van der Waals surface area contributed by atoms with Gasteiger partial charge in [-0.05, 0) is 31.4 Å². The number of hydrogen-bond donors (Lipinski definition) is 2. The molecule has 1 atom stereocenters. The van der Waals surface area contributed by atoms with Crippen LogP contribution >= 0.6 is 0 Å². The minimum Gasteiger partial charge on any atom is -0.480 e. The number of carbonyl (C=O) groups is 2. The van der Waals surface area contributed by atoms with Gasteiger partial charge in [0, 0.05) is 19.0 Å². The summed E-state index contributed by atoms with van der Waals surface area (Å²) >= 11 is 0. The third-order valence-electron chi connectivity index (χ3n) is 2.97. The molecule has 1 aromatic heterocycles. The molecule has 0 fully saturated rings. The maximum atomic E-state index is 12.1. The minimum atomic E-state index is -1.01. The lowest BCUT2D eigenvalue weighted by Crippen LogP contribution is -2.47. The second-order valence-electron chi connectivity index (χ2n) is 5.64. The van der Waals surface area contributed by atoms with E-state index in [0.29, 0.717) is 6.54 Å². The number of furan rings is 1. The Bertz CT molecular complexity index is 443. The molecule has 0 saturated carbocycles. The Labute approximate surface area is 125 Å². The molecule has 1 rings (SSSR count). The Morgan fingerprint density at radius 3 is 2.62 bits per heavy atom. The topological polar surface area (TPSA) is 82.8 Å². The summed E-state index contributed by atoms with van der Waals surface area (Å²) in [6.07, 6.45) is 3.09. The van der Waals surface area contributed by atoms with Crippen molar-refractivity contribution in [3.05, 3.63) is 24.2 Å². The average Bonchev–Trinajstić information content (AvgIpc) is 2.87. The minimum absolute atomic E-state index is 0.0499. The normalized spacial score (nSPS) is 12.2. The second kappa shape index (κ2) is 8.34. The molecule has 0 radical (unpaired) electrons. The van der Waals surface area contributed by atoms with Gasteiger partial charge in [-0.15, -0.1) is 0 Å². The molecule has 1 aromatic rings. The van der Waals surface area contributed by atoms with E-state index in [1.807, 2.05) is 32.9 Å². The fraction of sp³-hybridized carbons (Fsp3) is 0.600. The van der Waals surface area contributed by atoms with Gasteiger partial charge in [0.25, 0.3) is 0 Å². The van der Waals surface area contributed by atoms with Gasteiger partial charge in [-0.25, -0.2) is 4.79 Å². The van der Waals surface area contributed by atoms with Crippen LogP contribution in [-0.2, 0) is 11.2 Å². The van der Waals surface area contributed by atoms with Crippen molar-refractivity contribution in [2.75, 3.05) is 13.1 Å². The van der Waals surface area contributed by atoms with Crippen molar-refractivity contribution in [2.24, 2.45) is 5.92 Å². The first-order chi connectivity index (χ1) is 9.88. The number of urea groups is 1. The highest BCUT2D eigenvalue weighted by Crippen LogP contribution is 2.06. The number of hydrogen-bond acceptors (Lipinski definition) is 3. The molecule has 1 heterocycles. The SMILES string of the molecule is CC(C)CN(CC(=O)O)C(=O)NC(C)CCc1ccco1. The van der Waals surface area contributed by atoms with Crippen molar-refractivity contribution in [3.8, 4) is 0 Å². The fourth-order valence-electron chi connectivity index (χ4n) is 2.01. The number of rotatable bonds is 8. The largest absolute Gasteiger partial charge is 0.480 e. The standard InChI is InChI=1S/C15H24N2O4/c1-11(2)9-17(10-14(18)19)15(20)16-12(3)6-7-13-5-4-8-21-13/h4-5,8,11-12H,6-7,9-10H2,1-3H3,(H,16,20)(H,18,19). The van der Waals surface area contributed by atoms with Crippen molar-refractivity contribution in [2.45, 2.75) is 39.7 Å². The number of nitrogens with one attached hydrogen (secondary N) is 1. The quantitative estimate of drug-likeness (QED) is 0.771. The maximum absolute atomic E-state index is 12.1. The predicted molar refractivity (Wildman–Crippen MR) is 79.1 cm³/mol. The smallest absolute Gasteiger partial charge is 0.323 e. The molecule has 6 nitrogen and oxygen atoms in total. The van der Waals surface area contributed by atoms with Crippen LogP contribution < -0.4 is 5.32 Å². The van der Waals surface area contributed by atoms with Crippen molar-refractivity contribution in [1.82, 2.24) is 10.2 Å². The zero-order valence-corrected chi connectivity index (χ0v) is 12.8. The first-order valence-corrected chi connectivity index (χ1v) is 7.18. The average molecular weight is 296 g/mol. The van der Waals surface area contributed by atoms with Crippen LogP contribution in [0.2, 0.25) is 0 Å². The number of aliphatic carboxylic acids is 1. The van der Waals surface area contributed by atoms with Crippen molar-refractivity contribution >= 4 is 12.0 Å². The van der Waals surface area contributed by atoms with Gasteiger partial charge in [-0.2, -0.15) is 0 Å². The van der Waals surface area contributed by atoms with Crippen LogP contribution in [0, 0.1) is 5.92 Å². The molecular formula is C15H24N2O4. The van der Waals surface area contributed by atoms with Gasteiger partial charge in [0.2, 0.25) is 0 Å². The van der Waals surface area contributed by atoms with E-state index in [0.717, 1.165) is 18.6 Å². The highest BCUT2D eigenvalue weighted by Gasteiger charge is 2.19. The monoisotopic (exact) mass is 296 g/mol. The van der Waals surface area contributed by atoms with E-state index in [4.69, 9.17) is 9.52 Å². The van der Waals surface area contributed by atoms with E-state index in [2.05, 4.69) is 5.32 Å². The summed E-state index contributed by atoms with van der Waals surface area (Å²) in [5.74, 6) is 0.0863. The molecule has 2 amide bonds. The van der Waals surface area contributed by atoms with Crippen molar-refractivity contribution in [3.63, 3.8) is 0 Å². The Balaban J connectivity index is 2.44. The number of carboxylic acids is 1. The third kappa shape index (κ3) is 6.83. The number of carboxylic acid groups (broad SMARTS) is 1. The van der Waals surface area contributed by atoms with Crippen molar-refractivity contribution < 1.29 is 19.1 Å². The van der Waals surface area contributed by atoms with E-state index in [1.54, 1.807) is 6.26 Å². The molecule has 0 spiro atoms. The van der Waals surface area contributed by atoms with Crippen LogP contribution in [0.3, 0.4) is 0 Å². The molecule has 0 aliphatic rings. The van der Waals surface area contributed by atoms with E-state index in [1.165, 1.54) is 4.90 Å². The predicted octanol–water partition coefficient (Wildman–Crippen LogP) is 2.35. The van der Waals surface area contributed by atoms with E-state index in [9.17, 15) is 9.59 Å². The van der Waals surface area contributed by atoms with Gasteiger partial charge in [-0.3, -0.25) is 4.79 Å². The zero-order chi connectivity index (χ0) is 15.8. The summed E-state index contributed by atoms with van der Waals surface area (Å²) in [6, 6.07) is 3.34. The number of amides is 2. The molecule has 0 aliphatic heterocycles. The zero-order valence-electron chi connectivity index (χ0n) is 12.8. The van der Waals surface area contributed by atoms with Gasteiger partial charge < -0.3 is 19.7 Å². The Morgan fingerprint density at radius 1 is 1.38 bits per heavy atom. The second-order valence-corrected chi connectivity index (χ2v) is 5.64.